The van der Waals surface area contributed by atoms with Gasteiger partial charge in [-0.3, -0.25) is 4.99 Å². The van der Waals surface area contributed by atoms with Crippen LogP contribution in [0.15, 0.2) is 41.4 Å². The molecular formula is C21H27ClN4O3. The third-order valence-electron chi connectivity index (χ3n) is 4.93. The molecule has 0 radical (unpaired) electrons. The van der Waals surface area contributed by atoms with Crippen LogP contribution >= 0.6 is 11.6 Å². The molecule has 29 heavy (non-hydrogen) atoms. The molecule has 7 nitrogen and oxygen atoms in total. The number of nitrogens with two attached hydrogens (primary N) is 1. The van der Waals surface area contributed by atoms with E-state index < -0.39 is 0 Å². The Labute approximate surface area is 176 Å². The van der Waals surface area contributed by atoms with Crippen molar-refractivity contribution < 1.29 is 14.2 Å². The fourth-order valence-corrected chi connectivity index (χ4v) is 3.61. The van der Waals surface area contributed by atoms with Gasteiger partial charge in [-0.2, -0.15) is 0 Å². The van der Waals surface area contributed by atoms with Gasteiger partial charge in [0.2, 0.25) is 0 Å². The maximum Gasteiger partial charge on any atom is 0.193 e. The minimum absolute atomic E-state index is 0.368. The normalized spacial score (nSPS) is 16.6. The third-order valence-corrected chi connectivity index (χ3v) is 5.23. The van der Waals surface area contributed by atoms with Gasteiger partial charge < -0.3 is 30.2 Å². The second kappa shape index (κ2) is 9.60. The molecule has 2 aromatic rings. The molecule has 156 valence electrons. The molecule has 0 bridgehead atoms. The quantitative estimate of drug-likeness (QED) is 0.528. The van der Waals surface area contributed by atoms with Gasteiger partial charge in [0.15, 0.2) is 5.96 Å². The zero-order chi connectivity index (χ0) is 20.8. The van der Waals surface area contributed by atoms with Crippen LogP contribution in [0.3, 0.4) is 0 Å². The number of hydrogen-bond acceptors (Lipinski definition) is 5. The van der Waals surface area contributed by atoms with Crippen LogP contribution in [0.25, 0.3) is 0 Å². The fraction of sp³-hybridized carbons (Fsp3) is 0.381. The lowest BCUT2D eigenvalue weighted by Gasteiger charge is -2.20. The third kappa shape index (κ3) is 5.38. The van der Waals surface area contributed by atoms with Crippen molar-refractivity contribution in [3.05, 3.63) is 41.4 Å². The van der Waals surface area contributed by atoms with Crippen molar-refractivity contribution in [3.8, 4) is 17.2 Å². The maximum absolute atomic E-state index is 6.14. The summed E-state index contributed by atoms with van der Waals surface area (Å²) in [7, 11) is 4.90. The average molecular weight is 419 g/mol. The number of halogens is 1. The smallest absolute Gasteiger partial charge is 0.193 e. The van der Waals surface area contributed by atoms with Crippen molar-refractivity contribution in [1.82, 2.24) is 0 Å². The van der Waals surface area contributed by atoms with Crippen molar-refractivity contribution in [3.63, 3.8) is 0 Å². The van der Waals surface area contributed by atoms with E-state index in [-0.39, 0.29) is 0 Å². The Morgan fingerprint density at radius 3 is 2.48 bits per heavy atom. The Bertz CT molecular complexity index is 853. The fourth-order valence-electron chi connectivity index (χ4n) is 3.35. The van der Waals surface area contributed by atoms with Crippen LogP contribution in [-0.2, 0) is 0 Å². The van der Waals surface area contributed by atoms with Gasteiger partial charge in [-0.25, -0.2) is 0 Å². The minimum Gasteiger partial charge on any atom is -0.497 e. The summed E-state index contributed by atoms with van der Waals surface area (Å²) in [5.74, 6) is 2.98. The summed E-state index contributed by atoms with van der Waals surface area (Å²) in [5, 5.41) is 3.59. The van der Waals surface area contributed by atoms with Gasteiger partial charge in [-0.1, -0.05) is 11.6 Å². The van der Waals surface area contributed by atoms with Crippen molar-refractivity contribution in [2.45, 2.75) is 6.42 Å². The Kier molecular flexibility index (Phi) is 6.93. The van der Waals surface area contributed by atoms with E-state index in [1.807, 2.05) is 24.3 Å². The van der Waals surface area contributed by atoms with E-state index in [1.165, 1.54) is 0 Å². The summed E-state index contributed by atoms with van der Waals surface area (Å²) in [6.45, 7) is 2.51. The molecule has 0 spiro atoms. The van der Waals surface area contributed by atoms with Crippen LogP contribution in [-0.4, -0.2) is 46.9 Å². The standard InChI is InChI=1S/C21H27ClN4O3/c1-27-17-9-16(10-18(11-17)28-2)26-7-6-14(13-26)12-24-21(23)25-15-4-5-20(29-3)19(22)8-15/h4-5,8-11,14H,6-7,12-13H2,1-3H3,(H3,23,24,25). The summed E-state index contributed by atoms with van der Waals surface area (Å²) in [6.07, 6.45) is 1.05. The Hall–Kier alpha value is -2.80. The van der Waals surface area contributed by atoms with Gasteiger partial charge in [0.25, 0.3) is 0 Å². The monoisotopic (exact) mass is 418 g/mol. The number of methoxy groups -OCH3 is 3. The molecule has 0 aromatic heterocycles. The minimum atomic E-state index is 0.368. The van der Waals surface area contributed by atoms with E-state index in [9.17, 15) is 0 Å². The predicted octanol–water partition coefficient (Wildman–Crippen LogP) is 3.62. The number of anilines is 2. The second-order valence-electron chi connectivity index (χ2n) is 6.87. The molecule has 2 aromatic carbocycles. The summed E-state index contributed by atoms with van der Waals surface area (Å²) in [4.78, 5) is 6.82. The highest BCUT2D eigenvalue weighted by Crippen LogP contribution is 2.32. The number of benzene rings is 2. The zero-order valence-electron chi connectivity index (χ0n) is 16.9. The zero-order valence-corrected chi connectivity index (χ0v) is 17.7. The van der Waals surface area contributed by atoms with E-state index in [2.05, 4.69) is 15.2 Å². The Balaban J connectivity index is 1.57. The summed E-state index contributed by atoms with van der Waals surface area (Å²) < 4.78 is 15.9. The van der Waals surface area contributed by atoms with Crippen molar-refractivity contribution in [2.24, 2.45) is 16.6 Å². The largest absolute Gasteiger partial charge is 0.497 e. The average Bonchev–Trinajstić information content (AvgIpc) is 3.21. The molecule has 0 saturated carbocycles. The van der Waals surface area contributed by atoms with E-state index in [0.717, 1.165) is 42.4 Å². The first-order valence-electron chi connectivity index (χ1n) is 9.41. The first kappa shape index (κ1) is 20.9. The number of rotatable bonds is 7. The highest BCUT2D eigenvalue weighted by molar-refractivity contribution is 6.32. The van der Waals surface area contributed by atoms with Crippen LogP contribution in [0.1, 0.15) is 6.42 Å². The lowest BCUT2D eigenvalue weighted by molar-refractivity contribution is 0.394. The maximum atomic E-state index is 6.14. The highest BCUT2D eigenvalue weighted by atomic mass is 35.5. The van der Waals surface area contributed by atoms with Gasteiger partial charge in [-0.05, 0) is 30.5 Å². The molecule has 1 fully saturated rings. The number of nitrogens with one attached hydrogen (secondary N) is 1. The Morgan fingerprint density at radius 2 is 1.86 bits per heavy atom. The molecular weight excluding hydrogens is 392 g/mol. The van der Waals surface area contributed by atoms with E-state index in [4.69, 9.17) is 31.5 Å². The highest BCUT2D eigenvalue weighted by Gasteiger charge is 2.23. The first-order chi connectivity index (χ1) is 14.0. The molecule has 8 heteroatoms. The number of nitrogens with zero attached hydrogens (tertiary/aromatic N) is 2. The molecule has 3 N–H and O–H groups in total. The lowest BCUT2D eigenvalue weighted by atomic mass is 10.1. The number of aliphatic imine (C=N–C) groups is 1. The summed E-state index contributed by atoms with van der Waals surface area (Å²) in [6, 6.07) is 11.3. The van der Waals surface area contributed by atoms with E-state index in [1.54, 1.807) is 33.5 Å². The van der Waals surface area contributed by atoms with Crippen LogP contribution < -0.4 is 30.2 Å². The number of hydrogen-bond donors (Lipinski definition) is 2. The molecule has 0 amide bonds. The van der Waals surface area contributed by atoms with Gasteiger partial charge in [0, 0.05) is 49.2 Å². The summed E-state index contributed by atoms with van der Waals surface area (Å²) in [5.41, 5.74) is 7.91. The first-order valence-corrected chi connectivity index (χ1v) is 9.78. The van der Waals surface area contributed by atoms with Gasteiger partial charge in [0.05, 0.1) is 26.4 Å². The van der Waals surface area contributed by atoms with E-state index >= 15 is 0 Å². The number of guanidine groups is 1. The molecule has 1 saturated heterocycles. The molecule has 1 heterocycles. The molecule has 1 aliphatic heterocycles. The molecule has 0 aliphatic carbocycles. The van der Waals surface area contributed by atoms with Crippen molar-refractivity contribution >= 4 is 28.9 Å². The molecule has 1 unspecified atom stereocenters. The lowest BCUT2D eigenvalue weighted by Crippen LogP contribution is -2.25. The van der Waals surface area contributed by atoms with Crippen LogP contribution in [0.2, 0.25) is 5.02 Å². The predicted molar refractivity (Wildman–Crippen MR) is 118 cm³/mol. The molecule has 1 atom stereocenters. The van der Waals surface area contributed by atoms with Gasteiger partial charge >= 0.3 is 0 Å². The van der Waals surface area contributed by atoms with Crippen LogP contribution in [0.5, 0.6) is 17.2 Å². The van der Waals surface area contributed by atoms with E-state index in [0.29, 0.717) is 29.2 Å². The van der Waals surface area contributed by atoms with Gasteiger partial charge in [0.1, 0.15) is 17.2 Å². The molecule has 3 rings (SSSR count). The van der Waals surface area contributed by atoms with Crippen LogP contribution in [0.4, 0.5) is 11.4 Å². The SMILES string of the molecule is COc1cc(OC)cc(N2CCC(CN=C(N)Nc3ccc(OC)c(Cl)c3)C2)c1. The summed E-state index contributed by atoms with van der Waals surface area (Å²) >= 11 is 6.14. The second-order valence-corrected chi connectivity index (χ2v) is 7.28. The van der Waals surface area contributed by atoms with Crippen molar-refractivity contribution in [1.29, 1.82) is 0 Å². The van der Waals surface area contributed by atoms with Crippen LogP contribution in [0, 0.1) is 5.92 Å². The Morgan fingerprint density at radius 1 is 1.14 bits per heavy atom. The van der Waals surface area contributed by atoms with Crippen molar-refractivity contribution in [2.75, 3.05) is 51.2 Å². The topological polar surface area (TPSA) is 81.3 Å². The van der Waals surface area contributed by atoms with Gasteiger partial charge in [-0.15, -0.1) is 0 Å². The molecule has 1 aliphatic rings. The number of ether oxygens (including phenoxy) is 3.